The number of carboxylic acid groups (broad SMARTS) is 1. The molecule has 2 rings (SSSR count). The number of carbonyl (C=O) groups is 2. The number of carbonyl (C=O) groups excluding carboxylic acids is 1. The van der Waals surface area contributed by atoms with E-state index in [1.165, 1.54) is 0 Å². The molecule has 5 nitrogen and oxygen atoms in total. The third-order valence-corrected chi connectivity index (χ3v) is 3.13. The van der Waals surface area contributed by atoms with Crippen molar-refractivity contribution in [1.82, 2.24) is 5.32 Å². The average Bonchev–Trinajstić information content (AvgIpc) is 2.78. The normalized spacial score (nSPS) is 11.9. The van der Waals surface area contributed by atoms with E-state index in [1.54, 1.807) is 19.9 Å². The number of rotatable bonds is 5. The molecule has 2 aromatic rings. The van der Waals surface area contributed by atoms with Crippen LogP contribution >= 0.6 is 0 Å². The molecule has 0 aliphatic carbocycles. The van der Waals surface area contributed by atoms with E-state index in [4.69, 9.17) is 4.42 Å². The number of hydrogen-bond donors (Lipinski definition) is 2. The smallest absolute Gasteiger partial charge is 0.326 e. The summed E-state index contributed by atoms with van der Waals surface area (Å²) >= 11 is 0. The van der Waals surface area contributed by atoms with Crippen LogP contribution in [0.25, 0.3) is 0 Å². The van der Waals surface area contributed by atoms with Crippen LogP contribution in [0.4, 0.5) is 0 Å². The third-order valence-electron chi connectivity index (χ3n) is 3.13. The number of aryl methyl sites for hydroxylation is 2. The lowest BCUT2D eigenvalue weighted by Crippen LogP contribution is -2.42. The molecule has 1 atom stereocenters. The number of furan rings is 1. The van der Waals surface area contributed by atoms with Crippen LogP contribution in [0.5, 0.6) is 0 Å². The Balaban J connectivity index is 2.11. The summed E-state index contributed by atoms with van der Waals surface area (Å²) in [5, 5.41) is 11.8. The zero-order valence-corrected chi connectivity index (χ0v) is 11.9. The van der Waals surface area contributed by atoms with Gasteiger partial charge in [-0.15, -0.1) is 0 Å². The number of benzene rings is 1. The van der Waals surface area contributed by atoms with E-state index in [0.29, 0.717) is 11.3 Å². The fraction of sp³-hybridized carbons (Fsp3) is 0.250. The lowest BCUT2D eigenvalue weighted by atomic mass is 10.1. The van der Waals surface area contributed by atoms with Crippen molar-refractivity contribution in [1.29, 1.82) is 0 Å². The lowest BCUT2D eigenvalue weighted by molar-refractivity contribution is -0.139. The van der Waals surface area contributed by atoms with Crippen LogP contribution in [0.1, 0.15) is 27.4 Å². The minimum Gasteiger partial charge on any atom is -0.480 e. The molecule has 0 aliphatic rings. The monoisotopic (exact) mass is 287 g/mol. The number of carboxylic acids is 1. The van der Waals surface area contributed by atoms with Gasteiger partial charge in [0.15, 0.2) is 5.76 Å². The SMILES string of the molecule is Cc1cc(C)c(C(=O)NC(Cc2ccccc2)C(=O)O)o1. The second-order valence-corrected chi connectivity index (χ2v) is 4.92. The summed E-state index contributed by atoms with van der Waals surface area (Å²) in [7, 11) is 0. The van der Waals surface area contributed by atoms with Gasteiger partial charge in [-0.1, -0.05) is 30.3 Å². The molecule has 0 spiro atoms. The summed E-state index contributed by atoms with van der Waals surface area (Å²) in [6, 6.07) is 9.90. The van der Waals surface area contributed by atoms with Crippen molar-refractivity contribution in [2.75, 3.05) is 0 Å². The molecule has 110 valence electrons. The average molecular weight is 287 g/mol. The number of hydrogen-bond acceptors (Lipinski definition) is 3. The summed E-state index contributed by atoms with van der Waals surface area (Å²) in [4.78, 5) is 23.4. The number of nitrogens with one attached hydrogen (secondary N) is 1. The van der Waals surface area contributed by atoms with E-state index < -0.39 is 17.9 Å². The maximum absolute atomic E-state index is 12.1. The highest BCUT2D eigenvalue weighted by molar-refractivity contribution is 5.95. The van der Waals surface area contributed by atoms with Gasteiger partial charge < -0.3 is 14.8 Å². The first-order valence-corrected chi connectivity index (χ1v) is 6.62. The largest absolute Gasteiger partial charge is 0.480 e. The van der Waals surface area contributed by atoms with Crippen molar-refractivity contribution < 1.29 is 19.1 Å². The zero-order chi connectivity index (χ0) is 15.4. The van der Waals surface area contributed by atoms with E-state index in [9.17, 15) is 14.7 Å². The van der Waals surface area contributed by atoms with Crippen molar-refractivity contribution in [2.45, 2.75) is 26.3 Å². The molecule has 21 heavy (non-hydrogen) atoms. The Morgan fingerprint density at radius 1 is 1.24 bits per heavy atom. The molecular weight excluding hydrogens is 270 g/mol. The van der Waals surface area contributed by atoms with Gasteiger partial charge in [-0.2, -0.15) is 0 Å². The van der Waals surface area contributed by atoms with Crippen molar-refractivity contribution in [3.63, 3.8) is 0 Å². The van der Waals surface area contributed by atoms with Gasteiger partial charge in [-0.05, 0) is 25.5 Å². The minimum atomic E-state index is -1.08. The molecule has 0 saturated heterocycles. The van der Waals surface area contributed by atoms with Gasteiger partial charge in [0.1, 0.15) is 11.8 Å². The Morgan fingerprint density at radius 2 is 1.90 bits per heavy atom. The van der Waals surface area contributed by atoms with E-state index in [-0.39, 0.29) is 12.2 Å². The molecule has 1 unspecified atom stereocenters. The van der Waals surface area contributed by atoms with Crippen molar-refractivity contribution in [2.24, 2.45) is 0 Å². The molecule has 1 amide bonds. The van der Waals surface area contributed by atoms with Gasteiger partial charge >= 0.3 is 5.97 Å². The van der Waals surface area contributed by atoms with Crippen molar-refractivity contribution >= 4 is 11.9 Å². The van der Waals surface area contributed by atoms with Crippen LogP contribution < -0.4 is 5.32 Å². The molecule has 1 aromatic heterocycles. The van der Waals surface area contributed by atoms with E-state index in [1.807, 2.05) is 30.3 Å². The topological polar surface area (TPSA) is 79.5 Å². The number of amides is 1. The predicted octanol–water partition coefficient (Wildman–Crippen LogP) is 2.32. The van der Waals surface area contributed by atoms with Gasteiger partial charge in [0.2, 0.25) is 0 Å². The Labute approximate surface area is 122 Å². The molecule has 0 bridgehead atoms. The van der Waals surface area contributed by atoms with Crippen molar-refractivity contribution in [3.05, 3.63) is 59.0 Å². The van der Waals surface area contributed by atoms with E-state index >= 15 is 0 Å². The summed E-state index contributed by atoms with van der Waals surface area (Å²) in [5.41, 5.74) is 1.53. The van der Waals surface area contributed by atoms with Gasteiger partial charge in [0, 0.05) is 12.0 Å². The van der Waals surface area contributed by atoms with Gasteiger partial charge in [0.25, 0.3) is 5.91 Å². The Hall–Kier alpha value is -2.56. The first-order chi connectivity index (χ1) is 9.97. The van der Waals surface area contributed by atoms with Crippen LogP contribution in [0.15, 0.2) is 40.8 Å². The zero-order valence-electron chi connectivity index (χ0n) is 11.9. The summed E-state index contributed by atoms with van der Waals surface area (Å²) in [6.45, 7) is 3.49. The Bertz CT molecular complexity index is 646. The van der Waals surface area contributed by atoms with E-state index in [0.717, 1.165) is 5.56 Å². The van der Waals surface area contributed by atoms with Crippen molar-refractivity contribution in [3.8, 4) is 0 Å². The highest BCUT2D eigenvalue weighted by Crippen LogP contribution is 2.14. The van der Waals surface area contributed by atoms with Crippen LogP contribution in [0.2, 0.25) is 0 Å². The van der Waals surface area contributed by atoms with Crippen LogP contribution in [-0.4, -0.2) is 23.0 Å². The fourth-order valence-electron chi connectivity index (χ4n) is 2.14. The third kappa shape index (κ3) is 3.72. The second kappa shape index (κ2) is 6.26. The minimum absolute atomic E-state index is 0.159. The van der Waals surface area contributed by atoms with Crippen LogP contribution in [0, 0.1) is 13.8 Å². The lowest BCUT2D eigenvalue weighted by Gasteiger charge is -2.14. The maximum atomic E-state index is 12.1. The Kier molecular flexibility index (Phi) is 4.42. The molecule has 1 aromatic carbocycles. The fourth-order valence-corrected chi connectivity index (χ4v) is 2.14. The predicted molar refractivity (Wildman–Crippen MR) is 77.2 cm³/mol. The van der Waals surface area contributed by atoms with Gasteiger partial charge in [-0.25, -0.2) is 4.79 Å². The second-order valence-electron chi connectivity index (χ2n) is 4.92. The first kappa shape index (κ1) is 14.8. The van der Waals surface area contributed by atoms with E-state index in [2.05, 4.69) is 5.32 Å². The maximum Gasteiger partial charge on any atom is 0.326 e. The first-order valence-electron chi connectivity index (χ1n) is 6.62. The summed E-state index contributed by atoms with van der Waals surface area (Å²) < 4.78 is 5.30. The molecule has 5 heteroatoms. The van der Waals surface area contributed by atoms with Gasteiger partial charge in [-0.3, -0.25) is 4.79 Å². The van der Waals surface area contributed by atoms with Crippen LogP contribution in [0.3, 0.4) is 0 Å². The summed E-state index contributed by atoms with van der Waals surface area (Å²) in [5.74, 6) is -0.809. The molecule has 0 radical (unpaired) electrons. The molecule has 0 fully saturated rings. The van der Waals surface area contributed by atoms with Crippen LogP contribution in [-0.2, 0) is 11.2 Å². The highest BCUT2D eigenvalue weighted by Gasteiger charge is 2.23. The standard InChI is InChI=1S/C16H17NO4/c1-10-8-11(2)21-14(10)15(18)17-13(16(19)20)9-12-6-4-3-5-7-12/h3-8,13H,9H2,1-2H3,(H,17,18)(H,19,20). The summed E-state index contributed by atoms with van der Waals surface area (Å²) in [6.07, 6.45) is 0.223. The number of aliphatic carboxylic acids is 1. The molecule has 1 heterocycles. The van der Waals surface area contributed by atoms with Gasteiger partial charge in [0.05, 0.1) is 0 Å². The molecule has 0 saturated carbocycles. The molecule has 0 aliphatic heterocycles. The Morgan fingerprint density at radius 3 is 2.43 bits per heavy atom. The molecule has 2 N–H and O–H groups in total. The quantitative estimate of drug-likeness (QED) is 0.884. The molecular formula is C16H17NO4. The highest BCUT2D eigenvalue weighted by atomic mass is 16.4.